The monoisotopic (exact) mass is 349 g/mol. The van der Waals surface area contributed by atoms with Crippen molar-refractivity contribution in [2.24, 2.45) is 5.92 Å². The lowest BCUT2D eigenvalue weighted by atomic mass is 10.0. The predicted molar refractivity (Wildman–Crippen MR) is 89.9 cm³/mol. The summed E-state index contributed by atoms with van der Waals surface area (Å²) in [5.74, 6) is -2.89. The summed E-state index contributed by atoms with van der Waals surface area (Å²) in [6.07, 6.45) is 2.31. The number of benzene rings is 1. The summed E-state index contributed by atoms with van der Waals surface area (Å²) in [4.78, 5) is 12.6. The van der Waals surface area contributed by atoms with Crippen LogP contribution in [-0.4, -0.2) is 14.8 Å². The van der Waals surface area contributed by atoms with Gasteiger partial charge in [0.2, 0.25) is 5.43 Å². The minimum absolute atomic E-state index is 0.120. The van der Waals surface area contributed by atoms with E-state index in [1.165, 1.54) is 13.1 Å². The summed E-state index contributed by atoms with van der Waals surface area (Å²) in [5.41, 5.74) is 0.272. The van der Waals surface area contributed by atoms with E-state index in [0.29, 0.717) is 24.2 Å². The Morgan fingerprint density at radius 3 is 2.48 bits per heavy atom. The smallest absolute Gasteiger partial charge is 0.210 e. The van der Waals surface area contributed by atoms with Crippen molar-refractivity contribution in [2.45, 2.75) is 33.7 Å². The maximum absolute atomic E-state index is 14.4. The molecule has 0 aliphatic carbocycles. The van der Waals surface area contributed by atoms with Crippen molar-refractivity contribution < 1.29 is 13.2 Å². The van der Waals surface area contributed by atoms with Gasteiger partial charge in [0.25, 0.3) is 0 Å². The van der Waals surface area contributed by atoms with Crippen LogP contribution in [-0.2, 0) is 6.54 Å². The molecule has 7 heteroatoms. The van der Waals surface area contributed by atoms with E-state index in [2.05, 4.69) is 10.2 Å². The van der Waals surface area contributed by atoms with E-state index in [0.717, 1.165) is 6.42 Å². The van der Waals surface area contributed by atoms with Gasteiger partial charge in [-0.3, -0.25) is 9.89 Å². The number of rotatable bonds is 4. The van der Waals surface area contributed by atoms with Crippen molar-refractivity contribution in [1.29, 1.82) is 0 Å². The van der Waals surface area contributed by atoms with Crippen LogP contribution in [0.3, 0.4) is 0 Å². The fourth-order valence-electron chi connectivity index (χ4n) is 2.99. The highest BCUT2D eigenvalue weighted by molar-refractivity contribution is 5.81. The molecule has 0 saturated heterocycles. The minimum Gasteiger partial charge on any atom is -0.337 e. The van der Waals surface area contributed by atoms with E-state index in [9.17, 15) is 18.0 Å². The molecule has 0 fully saturated rings. The van der Waals surface area contributed by atoms with Crippen molar-refractivity contribution in [3.8, 4) is 11.3 Å². The van der Waals surface area contributed by atoms with Crippen LogP contribution in [0.25, 0.3) is 22.3 Å². The standard InChI is InChI=1S/C18H18F3N3O/c1-4-9(2)8-24-14-7-22-23-16(14)18(25)10(3)17(24)15-12(20)5-11(19)6-13(15)21/h5-7,9H,4,8H2,1-3H3,(H,22,23). The van der Waals surface area contributed by atoms with Gasteiger partial charge in [0.1, 0.15) is 23.0 Å². The average Bonchev–Trinajstić information content (AvgIpc) is 3.03. The Morgan fingerprint density at radius 2 is 1.88 bits per heavy atom. The molecular formula is C18H18F3N3O. The highest BCUT2D eigenvalue weighted by Gasteiger charge is 2.23. The molecule has 0 aliphatic rings. The van der Waals surface area contributed by atoms with Crippen molar-refractivity contribution >= 4 is 11.0 Å². The number of pyridine rings is 1. The quantitative estimate of drug-likeness (QED) is 0.769. The number of nitrogens with zero attached hydrogens (tertiary/aromatic N) is 2. The molecule has 2 heterocycles. The largest absolute Gasteiger partial charge is 0.337 e. The second-order valence-corrected chi connectivity index (χ2v) is 6.30. The predicted octanol–water partition coefficient (Wildman–Crippen LogP) is 4.16. The zero-order valence-corrected chi connectivity index (χ0v) is 14.2. The van der Waals surface area contributed by atoms with Gasteiger partial charge in [-0.05, 0) is 12.8 Å². The molecule has 1 atom stereocenters. The molecule has 0 aliphatic heterocycles. The molecule has 3 aromatic rings. The first-order valence-corrected chi connectivity index (χ1v) is 8.06. The highest BCUT2D eigenvalue weighted by Crippen LogP contribution is 2.31. The highest BCUT2D eigenvalue weighted by atomic mass is 19.1. The van der Waals surface area contributed by atoms with Crippen molar-refractivity contribution in [3.63, 3.8) is 0 Å². The van der Waals surface area contributed by atoms with Gasteiger partial charge in [0.05, 0.1) is 23.0 Å². The second-order valence-electron chi connectivity index (χ2n) is 6.30. The van der Waals surface area contributed by atoms with Crippen LogP contribution in [0.5, 0.6) is 0 Å². The maximum Gasteiger partial charge on any atom is 0.210 e. The van der Waals surface area contributed by atoms with Gasteiger partial charge in [-0.15, -0.1) is 0 Å². The van der Waals surface area contributed by atoms with Gasteiger partial charge >= 0.3 is 0 Å². The van der Waals surface area contributed by atoms with Gasteiger partial charge in [-0.1, -0.05) is 20.3 Å². The van der Waals surface area contributed by atoms with Crippen molar-refractivity contribution in [1.82, 2.24) is 14.8 Å². The maximum atomic E-state index is 14.4. The van der Waals surface area contributed by atoms with Crippen molar-refractivity contribution in [2.75, 3.05) is 0 Å². The van der Waals surface area contributed by atoms with Gasteiger partial charge in [0.15, 0.2) is 0 Å². The first kappa shape index (κ1) is 17.3. The third kappa shape index (κ3) is 2.83. The molecule has 0 radical (unpaired) electrons. The van der Waals surface area contributed by atoms with E-state index in [1.807, 2.05) is 13.8 Å². The fourth-order valence-corrected chi connectivity index (χ4v) is 2.99. The Labute approximate surface area is 142 Å². The van der Waals surface area contributed by atoms with E-state index in [-0.39, 0.29) is 28.1 Å². The molecule has 25 heavy (non-hydrogen) atoms. The molecule has 2 aromatic heterocycles. The topological polar surface area (TPSA) is 50.7 Å². The summed E-state index contributed by atoms with van der Waals surface area (Å²) >= 11 is 0. The molecule has 4 nitrogen and oxygen atoms in total. The van der Waals surface area contributed by atoms with Gasteiger partial charge in [-0.2, -0.15) is 5.10 Å². The Hall–Kier alpha value is -2.57. The number of H-pyrrole nitrogens is 1. The van der Waals surface area contributed by atoms with Crippen molar-refractivity contribution in [3.05, 3.63) is 51.6 Å². The zero-order chi connectivity index (χ0) is 18.3. The van der Waals surface area contributed by atoms with Crippen LogP contribution in [0.4, 0.5) is 13.2 Å². The molecule has 0 bridgehead atoms. The molecule has 132 valence electrons. The Balaban J connectivity index is 2.43. The minimum atomic E-state index is -1.04. The number of aromatic nitrogens is 3. The summed E-state index contributed by atoms with van der Waals surface area (Å²) in [6, 6.07) is 1.24. The SMILES string of the molecule is CCC(C)Cn1c(-c2c(F)cc(F)cc2F)c(C)c(=O)c2[nH]ncc21. The molecule has 1 unspecified atom stereocenters. The lowest BCUT2D eigenvalue weighted by Crippen LogP contribution is -2.19. The summed E-state index contributed by atoms with van der Waals surface area (Å²) < 4.78 is 43.8. The number of hydrogen-bond acceptors (Lipinski definition) is 2. The number of fused-ring (bicyclic) bond motifs is 1. The zero-order valence-electron chi connectivity index (χ0n) is 14.2. The van der Waals surface area contributed by atoms with Crippen LogP contribution < -0.4 is 5.43 Å². The van der Waals surface area contributed by atoms with Crippen LogP contribution in [0.2, 0.25) is 0 Å². The van der Waals surface area contributed by atoms with E-state index in [4.69, 9.17) is 0 Å². The second kappa shape index (κ2) is 6.38. The van der Waals surface area contributed by atoms with E-state index < -0.39 is 23.0 Å². The summed E-state index contributed by atoms with van der Waals surface area (Å²) in [5, 5.41) is 6.54. The van der Waals surface area contributed by atoms with Gasteiger partial charge < -0.3 is 4.57 Å². The van der Waals surface area contributed by atoms with Crippen LogP contribution >= 0.6 is 0 Å². The number of halogens is 3. The summed E-state index contributed by atoms with van der Waals surface area (Å²) in [6.45, 7) is 5.96. The Kier molecular flexibility index (Phi) is 4.41. The molecule has 0 amide bonds. The third-order valence-electron chi connectivity index (χ3n) is 4.54. The molecule has 0 spiro atoms. The number of aromatic amines is 1. The van der Waals surface area contributed by atoms with Crippen LogP contribution in [0, 0.1) is 30.3 Å². The first-order chi connectivity index (χ1) is 11.8. The number of nitrogens with one attached hydrogen (secondary N) is 1. The normalized spacial score (nSPS) is 12.7. The Morgan fingerprint density at radius 1 is 1.24 bits per heavy atom. The molecule has 1 N–H and O–H groups in total. The van der Waals surface area contributed by atoms with Gasteiger partial charge in [0, 0.05) is 24.2 Å². The Bertz CT molecular complexity index is 984. The third-order valence-corrected chi connectivity index (χ3v) is 4.54. The molecule has 3 rings (SSSR count). The lowest BCUT2D eigenvalue weighted by molar-refractivity contribution is 0.475. The van der Waals surface area contributed by atoms with E-state index >= 15 is 0 Å². The fraction of sp³-hybridized carbons (Fsp3) is 0.333. The first-order valence-electron chi connectivity index (χ1n) is 8.06. The number of hydrogen-bond donors (Lipinski definition) is 1. The molecular weight excluding hydrogens is 331 g/mol. The molecule has 1 aromatic carbocycles. The van der Waals surface area contributed by atoms with Crippen LogP contribution in [0.15, 0.2) is 23.1 Å². The average molecular weight is 349 g/mol. The summed E-state index contributed by atoms with van der Waals surface area (Å²) in [7, 11) is 0. The molecule has 0 saturated carbocycles. The lowest BCUT2D eigenvalue weighted by Gasteiger charge is -2.21. The van der Waals surface area contributed by atoms with Crippen LogP contribution in [0.1, 0.15) is 25.8 Å². The van der Waals surface area contributed by atoms with E-state index in [1.54, 1.807) is 4.57 Å². The van der Waals surface area contributed by atoms with Gasteiger partial charge in [-0.25, -0.2) is 13.2 Å².